The first-order valence-corrected chi connectivity index (χ1v) is 7.98. The van der Waals surface area contributed by atoms with Crippen LogP contribution in [0.1, 0.15) is 19.4 Å². The zero-order valence-corrected chi connectivity index (χ0v) is 12.6. The number of aliphatic imine (C=N–C) groups is 1. The van der Waals surface area contributed by atoms with Crippen molar-refractivity contribution in [3.8, 4) is 0 Å². The molecule has 0 spiro atoms. The van der Waals surface area contributed by atoms with Crippen LogP contribution >= 0.6 is 7.60 Å². The highest BCUT2D eigenvalue weighted by Crippen LogP contribution is 2.58. The smallest absolute Gasteiger partial charge is 0.307 e. The molecule has 0 aliphatic heterocycles. The van der Waals surface area contributed by atoms with Gasteiger partial charge in [-0.25, -0.2) is 0 Å². The summed E-state index contributed by atoms with van der Waals surface area (Å²) in [5.74, 6) is -2.54. The van der Waals surface area contributed by atoms with Crippen molar-refractivity contribution < 1.29 is 26.8 Å². The van der Waals surface area contributed by atoms with Gasteiger partial charge in [-0.15, -0.1) is 0 Å². The van der Waals surface area contributed by atoms with E-state index >= 15 is 0 Å². The van der Waals surface area contributed by atoms with E-state index in [1.54, 1.807) is 30.3 Å². The summed E-state index contributed by atoms with van der Waals surface area (Å²) >= 11 is 0. The fourth-order valence-electron chi connectivity index (χ4n) is 1.58. The molecule has 1 rings (SSSR count). The van der Waals surface area contributed by atoms with E-state index in [1.807, 2.05) is 0 Å². The van der Waals surface area contributed by atoms with Crippen LogP contribution in [-0.2, 0) is 13.6 Å². The van der Waals surface area contributed by atoms with Gasteiger partial charge >= 0.3 is 13.8 Å². The standard InChI is InChI=1S/C13H17F3NO3P/c1-3-19-21(18,20-4-2)12(13(14,15)16)17-10-11-8-6-5-7-9-11/h5-10,12H,3-4H2,1-2H3/t12-/m0/s1. The van der Waals surface area contributed by atoms with Gasteiger partial charge < -0.3 is 9.05 Å². The SMILES string of the molecule is CCOP(=O)(OCC)[C@H](N=Cc1ccccc1)C(F)(F)F. The molecule has 0 N–H and O–H groups in total. The molecule has 0 bridgehead atoms. The van der Waals surface area contributed by atoms with Crippen LogP contribution in [-0.4, -0.2) is 31.4 Å². The maximum absolute atomic E-state index is 13.1. The van der Waals surface area contributed by atoms with Gasteiger partial charge in [-0.05, 0) is 19.4 Å². The van der Waals surface area contributed by atoms with E-state index in [-0.39, 0.29) is 13.2 Å². The Morgan fingerprint density at radius 2 is 1.71 bits per heavy atom. The lowest BCUT2D eigenvalue weighted by Gasteiger charge is -2.24. The number of alkyl halides is 3. The average molecular weight is 323 g/mol. The fourth-order valence-corrected chi connectivity index (χ4v) is 3.24. The normalized spacial score (nSPS) is 14.5. The molecule has 0 saturated carbocycles. The Labute approximate surface area is 121 Å². The van der Waals surface area contributed by atoms with Crippen molar-refractivity contribution >= 4 is 13.8 Å². The number of nitrogens with zero attached hydrogens (tertiary/aromatic N) is 1. The highest BCUT2D eigenvalue weighted by atomic mass is 31.2. The van der Waals surface area contributed by atoms with E-state index < -0.39 is 19.6 Å². The van der Waals surface area contributed by atoms with E-state index in [9.17, 15) is 17.7 Å². The van der Waals surface area contributed by atoms with Crippen molar-refractivity contribution in [2.45, 2.75) is 25.8 Å². The lowest BCUT2D eigenvalue weighted by molar-refractivity contribution is -0.133. The molecule has 0 heterocycles. The molecule has 118 valence electrons. The summed E-state index contributed by atoms with van der Waals surface area (Å²) in [6.45, 7) is 2.56. The highest BCUT2D eigenvalue weighted by molar-refractivity contribution is 7.54. The van der Waals surface area contributed by atoms with E-state index in [0.717, 1.165) is 6.21 Å². The maximum atomic E-state index is 13.1. The lowest BCUT2D eigenvalue weighted by atomic mass is 10.2. The van der Waals surface area contributed by atoms with Crippen molar-refractivity contribution in [1.82, 2.24) is 0 Å². The molecule has 0 aromatic heterocycles. The minimum atomic E-state index is -4.83. The predicted octanol–water partition coefficient (Wildman–Crippen LogP) is 4.26. The molecule has 8 heteroatoms. The van der Waals surface area contributed by atoms with E-state index in [2.05, 4.69) is 4.99 Å². The quantitative estimate of drug-likeness (QED) is 0.556. The minimum absolute atomic E-state index is 0.162. The summed E-state index contributed by atoms with van der Waals surface area (Å²) in [7, 11) is -4.41. The largest absolute Gasteiger partial charge is 0.422 e. The molecule has 0 aliphatic rings. The lowest BCUT2D eigenvalue weighted by Crippen LogP contribution is -2.29. The summed E-state index contributed by atoms with van der Waals surface area (Å²) < 4.78 is 61.2. The van der Waals surface area contributed by atoms with Gasteiger partial charge in [0.25, 0.3) is 0 Å². The number of benzene rings is 1. The second-order valence-corrected chi connectivity index (χ2v) is 6.06. The molecule has 4 nitrogen and oxygen atoms in total. The van der Waals surface area contributed by atoms with E-state index in [1.165, 1.54) is 13.8 Å². The second kappa shape index (κ2) is 7.73. The van der Waals surface area contributed by atoms with Gasteiger partial charge in [0, 0.05) is 6.21 Å². The third kappa shape index (κ3) is 5.26. The summed E-state index contributed by atoms with van der Waals surface area (Å²) in [4.78, 5) is 3.41. The molecule has 1 aromatic carbocycles. The van der Waals surface area contributed by atoms with Gasteiger partial charge in [0.1, 0.15) is 0 Å². The second-order valence-electron chi connectivity index (χ2n) is 3.98. The van der Waals surface area contributed by atoms with Gasteiger partial charge in [-0.2, -0.15) is 13.2 Å². The van der Waals surface area contributed by atoms with Crippen LogP contribution in [0.4, 0.5) is 13.2 Å². The van der Waals surface area contributed by atoms with Gasteiger partial charge in [0.15, 0.2) is 0 Å². The number of hydrogen-bond donors (Lipinski definition) is 0. The van der Waals surface area contributed by atoms with Crippen molar-refractivity contribution in [2.75, 3.05) is 13.2 Å². The van der Waals surface area contributed by atoms with Crippen molar-refractivity contribution in [3.05, 3.63) is 35.9 Å². The Balaban J connectivity index is 3.11. The molecule has 0 unspecified atom stereocenters. The predicted molar refractivity (Wildman–Crippen MR) is 74.7 cm³/mol. The molecule has 21 heavy (non-hydrogen) atoms. The highest BCUT2D eigenvalue weighted by Gasteiger charge is 2.53. The molecule has 0 saturated heterocycles. The Bertz CT molecular complexity index is 495. The fraction of sp³-hybridized carbons (Fsp3) is 0.462. The van der Waals surface area contributed by atoms with Crippen molar-refractivity contribution in [2.24, 2.45) is 4.99 Å². The molecule has 1 aromatic rings. The summed E-state index contributed by atoms with van der Waals surface area (Å²) in [6, 6.07) is 8.22. The molecule has 0 fully saturated rings. The van der Waals surface area contributed by atoms with Crippen LogP contribution in [0.25, 0.3) is 0 Å². The minimum Gasteiger partial charge on any atom is -0.307 e. The van der Waals surface area contributed by atoms with Gasteiger partial charge in [0.2, 0.25) is 5.78 Å². The average Bonchev–Trinajstić information content (AvgIpc) is 2.39. The van der Waals surface area contributed by atoms with E-state index in [0.29, 0.717) is 5.56 Å². The number of rotatable bonds is 7. The molecule has 1 atom stereocenters. The van der Waals surface area contributed by atoms with Gasteiger partial charge in [0.05, 0.1) is 13.2 Å². The van der Waals surface area contributed by atoms with Crippen LogP contribution in [0.5, 0.6) is 0 Å². The monoisotopic (exact) mass is 323 g/mol. The van der Waals surface area contributed by atoms with Crippen LogP contribution in [0, 0.1) is 0 Å². The Morgan fingerprint density at radius 3 is 2.14 bits per heavy atom. The van der Waals surface area contributed by atoms with Gasteiger partial charge in [-0.3, -0.25) is 9.56 Å². The van der Waals surface area contributed by atoms with Crippen molar-refractivity contribution in [3.63, 3.8) is 0 Å². The number of hydrogen-bond acceptors (Lipinski definition) is 4. The maximum Gasteiger partial charge on any atom is 0.422 e. The molecule has 0 radical (unpaired) electrons. The van der Waals surface area contributed by atoms with Crippen molar-refractivity contribution in [1.29, 1.82) is 0 Å². The number of halogens is 3. The van der Waals surface area contributed by atoms with Gasteiger partial charge in [-0.1, -0.05) is 30.3 Å². The topological polar surface area (TPSA) is 47.9 Å². The summed E-state index contributed by atoms with van der Waals surface area (Å²) in [5, 5.41) is 0. The Morgan fingerprint density at radius 1 is 1.19 bits per heavy atom. The Hall–Kier alpha value is -1.17. The first-order valence-electron chi connectivity index (χ1n) is 6.37. The molecule has 0 amide bonds. The molecule has 0 aliphatic carbocycles. The first kappa shape index (κ1) is 17.9. The van der Waals surface area contributed by atoms with Crippen LogP contribution in [0.15, 0.2) is 35.3 Å². The summed E-state index contributed by atoms with van der Waals surface area (Å²) in [5.41, 5.74) is 0.464. The zero-order chi connectivity index (χ0) is 15.9. The van der Waals surface area contributed by atoms with Crippen LogP contribution in [0.3, 0.4) is 0 Å². The van der Waals surface area contributed by atoms with Crippen LogP contribution in [0.2, 0.25) is 0 Å². The van der Waals surface area contributed by atoms with E-state index in [4.69, 9.17) is 9.05 Å². The first-order chi connectivity index (χ1) is 9.83. The molecular formula is C13H17F3NO3P. The summed E-state index contributed by atoms with van der Waals surface area (Å²) in [6.07, 6.45) is -3.81. The Kier molecular flexibility index (Phi) is 6.58. The van der Waals surface area contributed by atoms with Crippen LogP contribution < -0.4 is 0 Å². The molecular weight excluding hydrogens is 306 g/mol. The third-order valence-electron chi connectivity index (χ3n) is 2.37. The zero-order valence-electron chi connectivity index (χ0n) is 11.7. The third-order valence-corrected chi connectivity index (χ3v) is 4.64.